The van der Waals surface area contributed by atoms with Crippen LogP contribution in [-0.2, 0) is 28.6 Å². The molecule has 0 aliphatic heterocycles. The fourth-order valence-electron chi connectivity index (χ4n) is 7.24. The van der Waals surface area contributed by atoms with Crippen molar-refractivity contribution in [1.82, 2.24) is 0 Å². The van der Waals surface area contributed by atoms with Gasteiger partial charge in [-0.2, -0.15) is 0 Å². The van der Waals surface area contributed by atoms with Gasteiger partial charge in [0.15, 0.2) is 6.10 Å². The third-order valence-electron chi connectivity index (χ3n) is 11.4. The van der Waals surface area contributed by atoms with E-state index in [2.05, 4.69) is 112 Å². The first-order valence-electron chi connectivity index (χ1n) is 27.3. The summed E-state index contributed by atoms with van der Waals surface area (Å²) in [6.45, 7) is 6.49. The zero-order valence-corrected chi connectivity index (χ0v) is 42.9. The van der Waals surface area contributed by atoms with E-state index in [-0.39, 0.29) is 37.5 Å². The van der Waals surface area contributed by atoms with Crippen molar-refractivity contribution in [2.45, 2.75) is 252 Å². The molecule has 6 nitrogen and oxygen atoms in total. The molecule has 0 saturated carbocycles. The Labute approximate surface area is 407 Å². The summed E-state index contributed by atoms with van der Waals surface area (Å²) in [5.41, 5.74) is 0. The van der Waals surface area contributed by atoms with Crippen LogP contribution in [0.3, 0.4) is 0 Å². The van der Waals surface area contributed by atoms with Gasteiger partial charge in [0, 0.05) is 19.3 Å². The number of ether oxygens (including phenoxy) is 3. The Kier molecular flexibility index (Phi) is 50.9. The summed E-state index contributed by atoms with van der Waals surface area (Å²) in [6.07, 6.45) is 71.1. The molecule has 0 aromatic heterocycles. The molecule has 376 valence electrons. The van der Waals surface area contributed by atoms with Crippen LogP contribution in [0.4, 0.5) is 0 Å². The molecular weight excluding hydrogens is 817 g/mol. The van der Waals surface area contributed by atoms with Crippen molar-refractivity contribution >= 4 is 17.9 Å². The van der Waals surface area contributed by atoms with Crippen LogP contribution < -0.4 is 0 Å². The quantitative estimate of drug-likeness (QED) is 0.0199. The first-order valence-corrected chi connectivity index (χ1v) is 27.3. The van der Waals surface area contributed by atoms with E-state index in [1.807, 2.05) is 6.08 Å². The minimum Gasteiger partial charge on any atom is -0.462 e. The number of rotatable bonds is 48. The van der Waals surface area contributed by atoms with Crippen LogP contribution in [0, 0.1) is 0 Å². The second-order valence-electron chi connectivity index (χ2n) is 17.9. The highest BCUT2D eigenvalue weighted by Crippen LogP contribution is 2.13. The van der Waals surface area contributed by atoms with Crippen LogP contribution in [-0.4, -0.2) is 37.2 Å². The van der Waals surface area contributed by atoms with Crippen molar-refractivity contribution in [3.8, 4) is 0 Å². The van der Waals surface area contributed by atoms with Crippen molar-refractivity contribution in [2.24, 2.45) is 0 Å². The average molecular weight is 917 g/mol. The molecule has 0 radical (unpaired) electrons. The maximum Gasteiger partial charge on any atom is 0.306 e. The summed E-state index contributed by atoms with van der Waals surface area (Å²) in [5, 5.41) is 0. The number of carbonyl (C=O) groups is 3. The van der Waals surface area contributed by atoms with Crippen molar-refractivity contribution < 1.29 is 28.6 Å². The number of hydrogen-bond acceptors (Lipinski definition) is 6. The van der Waals surface area contributed by atoms with E-state index < -0.39 is 6.10 Å². The van der Waals surface area contributed by atoms with Gasteiger partial charge < -0.3 is 14.2 Å². The first kappa shape index (κ1) is 62.3. The van der Waals surface area contributed by atoms with Crippen molar-refractivity contribution in [3.63, 3.8) is 0 Å². The molecule has 0 aromatic carbocycles. The van der Waals surface area contributed by atoms with Crippen LogP contribution in [0.1, 0.15) is 245 Å². The predicted octanol–water partition coefficient (Wildman–Crippen LogP) is 18.1. The maximum atomic E-state index is 12.8. The molecule has 1 unspecified atom stereocenters. The average Bonchev–Trinajstić information content (AvgIpc) is 3.31. The van der Waals surface area contributed by atoms with Crippen LogP contribution in [0.5, 0.6) is 0 Å². The molecule has 0 heterocycles. The standard InChI is InChI=1S/C60H100O6/c1-4-7-10-13-16-19-22-25-27-29-31-32-35-38-41-44-47-50-53-59(62)65-56-57(55-64-58(61)52-49-46-43-40-37-34-24-21-18-15-12-9-6-3)66-60(63)54-51-48-45-42-39-36-33-30-28-26-23-20-17-14-11-8-5-2/h16-17,19-20,22,25-29,31-32,34,37,43,46,57H,4-15,18,21,23-24,30,33,35-36,38-42,44-45,47-56H2,1-3H3/b19-16+,20-17+,25-22+,28-26+,29-27+,32-31+,37-34+,46-43+. The summed E-state index contributed by atoms with van der Waals surface area (Å²) >= 11 is 0. The van der Waals surface area contributed by atoms with Gasteiger partial charge in [0.25, 0.3) is 0 Å². The van der Waals surface area contributed by atoms with E-state index in [1.54, 1.807) is 0 Å². The molecule has 6 heteroatoms. The Bertz CT molecular complexity index is 1330. The molecule has 0 amide bonds. The van der Waals surface area contributed by atoms with Crippen LogP contribution in [0.2, 0.25) is 0 Å². The summed E-state index contributed by atoms with van der Waals surface area (Å²) in [6, 6.07) is 0. The topological polar surface area (TPSA) is 78.9 Å². The molecule has 1 atom stereocenters. The summed E-state index contributed by atoms with van der Waals surface area (Å²) < 4.78 is 16.7. The van der Waals surface area contributed by atoms with E-state index in [1.165, 1.54) is 109 Å². The monoisotopic (exact) mass is 917 g/mol. The fraction of sp³-hybridized carbons (Fsp3) is 0.683. The normalized spacial score (nSPS) is 12.8. The number of unbranched alkanes of at least 4 members (excludes halogenated alkanes) is 24. The number of carbonyl (C=O) groups excluding carboxylic acids is 3. The van der Waals surface area contributed by atoms with Gasteiger partial charge in [0.2, 0.25) is 0 Å². The lowest BCUT2D eigenvalue weighted by molar-refractivity contribution is -0.166. The summed E-state index contributed by atoms with van der Waals surface area (Å²) in [5.74, 6) is -1.01. The second kappa shape index (κ2) is 53.9. The van der Waals surface area contributed by atoms with E-state index >= 15 is 0 Å². The number of allylic oxidation sites excluding steroid dienone is 16. The molecule has 0 bridgehead atoms. The molecular formula is C60H100O6. The van der Waals surface area contributed by atoms with Gasteiger partial charge in [-0.25, -0.2) is 0 Å². The molecule has 0 N–H and O–H groups in total. The highest BCUT2D eigenvalue weighted by atomic mass is 16.6. The lowest BCUT2D eigenvalue weighted by Gasteiger charge is -2.18. The van der Waals surface area contributed by atoms with Gasteiger partial charge in [0.05, 0.1) is 0 Å². The molecule has 66 heavy (non-hydrogen) atoms. The molecule has 0 spiro atoms. The largest absolute Gasteiger partial charge is 0.462 e. The van der Waals surface area contributed by atoms with Gasteiger partial charge in [0.1, 0.15) is 13.2 Å². The molecule has 0 aromatic rings. The van der Waals surface area contributed by atoms with E-state index in [4.69, 9.17) is 14.2 Å². The fourth-order valence-corrected chi connectivity index (χ4v) is 7.24. The minimum atomic E-state index is -0.815. The zero-order valence-electron chi connectivity index (χ0n) is 42.9. The summed E-state index contributed by atoms with van der Waals surface area (Å²) in [7, 11) is 0. The van der Waals surface area contributed by atoms with Gasteiger partial charge in [-0.1, -0.05) is 227 Å². The summed E-state index contributed by atoms with van der Waals surface area (Å²) in [4.78, 5) is 38.0. The first-order chi connectivity index (χ1) is 32.5. The Morgan fingerprint density at radius 1 is 0.318 bits per heavy atom. The molecule has 0 aliphatic carbocycles. The Morgan fingerprint density at radius 2 is 0.636 bits per heavy atom. The van der Waals surface area contributed by atoms with E-state index in [0.717, 1.165) is 89.9 Å². The highest BCUT2D eigenvalue weighted by Gasteiger charge is 2.19. The molecule has 0 saturated heterocycles. The maximum absolute atomic E-state index is 12.8. The van der Waals surface area contributed by atoms with Crippen LogP contribution in [0.25, 0.3) is 0 Å². The number of esters is 3. The van der Waals surface area contributed by atoms with Crippen LogP contribution in [0.15, 0.2) is 97.2 Å². The van der Waals surface area contributed by atoms with Crippen molar-refractivity contribution in [3.05, 3.63) is 97.2 Å². The molecule has 0 fully saturated rings. The van der Waals surface area contributed by atoms with Gasteiger partial charge in [-0.15, -0.1) is 0 Å². The molecule has 0 rings (SSSR count). The van der Waals surface area contributed by atoms with E-state index in [0.29, 0.717) is 19.3 Å². The van der Waals surface area contributed by atoms with Gasteiger partial charge in [-0.3, -0.25) is 14.4 Å². The minimum absolute atomic E-state index is 0.111. The predicted molar refractivity (Wildman–Crippen MR) is 284 cm³/mol. The van der Waals surface area contributed by atoms with Crippen molar-refractivity contribution in [1.29, 1.82) is 0 Å². The van der Waals surface area contributed by atoms with Crippen molar-refractivity contribution in [2.75, 3.05) is 13.2 Å². The lowest BCUT2D eigenvalue weighted by Crippen LogP contribution is -2.30. The Morgan fingerprint density at radius 3 is 1.09 bits per heavy atom. The third kappa shape index (κ3) is 51.3. The number of hydrogen-bond donors (Lipinski definition) is 0. The third-order valence-corrected chi connectivity index (χ3v) is 11.4. The van der Waals surface area contributed by atoms with Gasteiger partial charge in [-0.05, 0) is 96.3 Å². The Hall–Kier alpha value is -3.67. The van der Waals surface area contributed by atoms with Crippen LogP contribution >= 0.6 is 0 Å². The molecule has 0 aliphatic rings. The van der Waals surface area contributed by atoms with Gasteiger partial charge >= 0.3 is 17.9 Å². The van der Waals surface area contributed by atoms with E-state index in [9.17, 15) is 14.4 Å². The zero-order chi connectivity index (χ0) is 47.9. The second-order valence-corrected chi connectivity index (χ2v) is 17.9. The Balaban J connectivity index is 4.51. The smallest absolute Gasteiger partial charge is 0.306 e. The SMILES string of the molecule is CCCCC/C=C/C=C/C=C/C=C/CCCCCCCC(=O)OCC(COC(=O)CC/C=C/C/C=C/CCCCCCCC)OC(=O)CCCCCCCCC/C=C/C/C=C/CCCCC. The lowest BCUT2D eigenvalue weighted by atomic mass is 10.1. The highest BCUT2D eigenvalue weighted by molar-refractivity contribution is 5.71.